The molecule has 1 fully saturated rings. The molecule has 0 aromatic heterocycles. The Morgan fingerprint density at radius 2 is 1.72 bits per heavy atom. The summed E-state index contributed by atoms with van der Waals surface area (Å²) < 4.78 is 17.6. The second-order valence-corrected chi connectivity index (χ2v) is 11.6. The lowest BCUT2D eigenvalue weighted by atomic mass is 9.89. The third-order valence-electron chi connectivity index (χ3n) is 6.92. The van der Waals surface area contributed by atoms with E-state index in [-0.39, 0.29) is 11.4 Å². The number of thioether (sulfide) groups is 1. The number of ether oxygens (including phenoxy) is 3. The predicted octanol–water partition coefficient (Wildman–Crippen LogP) is 6.04. The van der Waals surface area contributed by atoms with Gasteiger partial charge < -0.3 is 14.2 Å². The number of esters is 1. The van der Waals surface area contributed by atoms with Crippen LogP contribution in [0.15, 0.2) is 42.5 Å². The highest BCUT2D eigenvalue weighted by Gasteiger charge is 2.35. The number of nitrogens with zero attached hydrogens (tertiary/aromatic N) is 1. The van der Waals surface area contributed by atoms with E-state index in [1.165, 1.54) is 11.1 Å². The Morgan fingerprint density at radius 3 is 2.33 bits per heavy atom. The maximum Gasteiger partial charge on any atom is 0.349 e. The summed E-state index contributed by atoms with van der Waals surface area (Å²) in [6.07, 6.45) is 3.09. The second kappa shape index (κ2) is 13.0. The molecule has 6 heteroatoms. The van der Waals surface area contributed by atoms with Crippen LogP contribution in [-0.2, 0) is 27.2 Å². The summed E-state index contributed by atoms with van der Waals surface area (Å²) in [6, 6.07) is 15.1. The van der Waals surface area contributed by atoms with Crippen LogP contribution in [0.3, 0.4) is 0 Å². The minimum Gasteiger partial charge on any atom is -0.476 e. The fraction of sp³-hybridized carbons (Fsp3) is 0.567. The fourth-order valence-corrected chi connectivity index (χ4v) is 5.19. The molecule has 3 rings (SSSR count). The van der Waals surface area contributed by atoms with Crippen molar-refractivity contribution in [2.75, 3.05) is 32.6 Å². The highest BCUT2D eigenvalue weighted by atomic mass is 32.2. The van der Waals surface area contributed by atoms with E-state index in [4.69, 9.17) is 14.2 Å². The van der Waals surface area contributed by atoms with Gasteiger partial charge in [-0.05, 0) is 88.3 Å². The monoisotopic (exact) mass is 513 g/mol. The van der Waals surface area contributed by atoms with E-state index in [0.29, 0.717) is 18.4 Å². The number of hydrogen-bond donors (Lipinski definition) is 0. The first-order valence-corrected chi connectivity index (χ1v) is 14.3. The van der Waals surface area contributed by atoms with Gasteiger partial charge in [-0.1, -0.05) is 42.5 Å². The number of carbonyl (C=O) groups is 1. The fourth-order valence-electron chi connectivity index (χ4n) is 4.98. The zero-order valence-electron chi connectivity index (χ0n) is 23.0. The summed E-state index contributed by atoms with van der Waals surface area (Å²) in [6.45, 7) is 15.8. The molecule has 0 amide bonds. The van der Waals surface area contributed by atoms with Crippen LogP contribution < -0.4 is 4.74 Å². The van der Waals surface area contributed by atoms with Gasteiger partial charge in [0.15, 0.2) is 5.60 Å². The number of likely N-dealkylation sites (tertiary alicyclic amines) is 1. The van der Waals surface area contributed by atoms with Crippen molar-refractivity contribution in [2.45, 2.75) is 65.5 Å². The molecule has 0 spiro atoms. The SMILES string of the molecule is CCOC(=O)C(C)(C)Oc1c(C)cc(CC2CN(Cc3ccccc3)CC2COC(C)SC)cc1C. The Morgan fingerprint density at radius 1 is 1.08 bits per heavy atom. The molecule has 2 aromatic carbocycles. The molecule has 0 saturated carbocycles. The number of aryl methyl sites for hydroxylation is 2. The van der Waals surface area contributed by atoms with Crippen LogP contribution in [0.25, 0.3) is 0 Å². The maximum atomic E-state index is 12.4. The lowest BCUT2D eigenvalue weighted by molar-refractivity contribution is -0.158. The molecule has 5 nitrogen and oxygen atoms in total. The predicted molar refractivity (Wildman–Crippen MR) is 149 cm³/mol. The molecule has 0 aliphatic carbocycles. The molecule has 3 unspecified atom stereocenters. The third kappa shape index (κ3) is 7.74. The van der Waals surface area contributed by atoms with Crippen LogP contribution in [0.5, 0.6) is 5.75 Å². The first kappa shape index (κ1) is 28.5. The molecule has 2 aromatic rings. The van der Waals surface area contributed by atoms with Crippen LogP contribution in [0.4, 0.5) is 0 Å². The van der Waals surface area contributed by atoms with Gasteiger partial charge >= 0.3 is 5.97 Å². The van der Waals surface area contributed by atoms with Crippen molar-refractivity contribution in [1.29, 1.82) is 0 Å². The topological polar surface area (TPSA) is 48.0 Å². The summed E-state index contributed by atoms with van der Waals surface area (Å²) in [5.41, 5.74) is 3.92. The van der Waals surface area contributed by atoms with Crippen molar-refractivity contribution in [3.63, 3.8) is 0 Å². The molecule has 36 heavy (non-hydrogen) atoms. The molecular formula is C30H43NO4S. The first-order chi connectivity index (χ1) is 17.1. The Hall–Kier alpha value is -2.02. The van der Waals surface area contributed by atoms with Crippen molar-refractivity contribution in [3.05, 3.63) is 64.7 Å². The number of benzene rings is 2. The zero-order valence-corrected chi connectivity index (χ0v) is 23.8. The van der Waals surface area contributed by atoms with Gasteiger partial charge in [-0.3, -0.25) is 4.90 Å². The van der Waals surface area contributed by atoms with E-state index in [0.717, 1.165) is 49.5 Å². The normalized spacial score (nSPS) is 19.3. The van der Waals surface area contributed by atoms with Gasteiger partial charge in [0.25, 0.3) is 0 Å². The second-order valence-electron chi connectivity index (χ2n) is 10.4. The van der Waals surface area contributed by atoms with Crippen LogP contribution in [-0.4, -0.2) is 54.5 Å². The lowest BCUT2D eigenvalue weighted by Gasteiger charge is -2.27. The molecule has 0 radical (unpaired) electrons. The van der Waals surface area contributed by atoms with Gasteiger partial charge in [-0.25, -0.2) is 4.79 Å². The van der Waals surface area contributed by atoms with E-state index < -0.39 is 5.60 Å². The first-order valence-electron chi connectivity index (χ1n) is 13.0. The highest BCUT2D eigenvalue weighted by molar-refractivity contribution is 7.99. The Kier molecular flexibility index (Phi) is 10.3. The summed E-state index contributed by atoms with van der Waals surface area (Å²) in [7, 11) is 0. The number of hydrogen-bond acceptors (Lipinski definition) is 6. The molecule has 1 aliphatic rings. The third-order valence-corrected chi connectivity index (χ3v) is 7.72. The largest absolute Gasteiger partial charge is 0.476 e. The maximum absolute atomic E-state index is 12.4. The van der Waals surface area contributed by atoms with E-state index in [1.807, 2.05) is 6.92 Å². The van der Waals surface area contributed by atoms with Crippen LogP contribution in [0.2, 0.25) is 0 Å². The Balaban J connectivity index is 1.74. The molecule has 1 heterocycles. The van der Waals surface area contributed by atoms with Crippen molar-refractivity contribution in [1.82, 2.24) is 4.90 Å². The van der Waals surface area contributed by atoms with Crippen LogP contribution >= 0.6 is 11.8 Å². The summed E-state index contributed by atoms with van der Waals surface area (Å²) in [4.78, 5) is 14.9. The minimum absolute atomic E-state index is 0.206. The van der Waals surface area contributed by atoms with Gasteiger partial charge in [-0.2, -0.15) is 0 Å². The number of carbonyl (C=O) groups excluding carboxylic acids is 1. The minimum atomic E-state index is -1.03. The molecule has 1 saturated heterocycles. The Bertz CT molecular complexity index is 971. The van der Waals surface area contributed by atoms with E-state index in [1.54, 1.807) is 25.6 Å². The average molecular weight is 514 g/mol. The van der Waals surface area contributed by atoms with Gasteiger partial charge in [0.1, 0.15) is 5.75 Å². The van der Waals surface area contributed by atoms with Crippen molar-refractivity contribution >= 4 is 17.7 Å². The van der Waals surface area contributed by atoms with Gasteiger partial charge in [0, 0.05) is 19.6 Å². The van der Waals surface area contributed by atoms with Gasteiger partial charge in [0.2, 0.25) is 0 Å². The molecule has 0 bridgehead atoms. The highest BCUT2D eigenvalue weighted by Crippen LogP contribution is 2.33. The van der Waals surface area contributed by atoms with E-state index in [2.05, 4.69) is 74.4 Å². The van der Waals surface area contributed by atoms with Crippen LogP contribution in [0, 0.1) is 25.7 Å². The average Bonchev–Trinajstić information content (AvgIpc) is 3.21. The summed E-state index contributed by atoms with van der Waals surface area (Å²) in [5, 5.41) is 0. The summed E-state index contributed by atoms with van der Waals surface area (Å²) >= 11 is 1.75. The smallest absolute Gasteiger partial charge is 0.349 e. The van der Waals surface area contributed by atoms with Crippen LogP contribution in [0.1, 0.15) is 49.9 Å². The molecule has 1 aliphatic heterocycles. The molecule has 0 N–H and O–H groups in total. The van der Waals surface area contributed by atoms with Gasteiger partial charge in [-0.15, -0.1) is 11.8 Å². The molecule has 3 atom stereocenters. The molecular weight excluding hydrogens is 470 g/mol. The van der Waals surface area contributed by atoms with Crippen molar-refractivity contribution in [3.8, 4) is 5.75 Å². The summed E-state index contributed by atoms with van der Waals surface area (Å²) in [5.74, 6) is 1.43. The standard InChI is InChI=1S/C30H43NO4S/c1-8-33-29(32)30(5,6)35-28-21(2)14-25(15-22(28)3)16-26-18-31(17-24-12-10-9-11-13-24)19-27(26)20-34-23(4)36-7/h9-15,23,26-27H,8,16-20H2,1-7H3. The number of rotatable bonds is 12. The van der Waals surface area contributed by atoms with Crippen molar-refractivity contribution < 1.29 is 19.0 Å². The van der Waals surface area contributed by atoms with E-state index in [9.17, 15) is 4.79 Å². The molecule has 198 valence electrons. The van der Waals surface area contributed by atoms with E-state index >= 15 is 0 Å². The quantitative estimate of drug-likeness (QED) is 0.255. The van der Waals surface area contributed by atoms with Gasteiger partial charge in [0.05, 0.1) is 18.6 Å². The zero-order chi connectivity index (χ0) is 26.3. The van der Waals surface area contributed by atoms with Crippen molar-refractivity contribution in [2.24, 2.45) is 11.8 Å². The lowest BCUT2D eigenvalue weighted by Crippen LogP contribution is -2.40. The Labute approximate surface area is 221 Å².